The molecule has 0 atom stereocenters. The second-order valence-corrected chi connectivity index (χ2v) is 8.82. The van der Waals surface area contributed by atoms with Gasteiger partial charge in [0.2, 0.25) is 15.9 Å². The Labute approximate surface area is 181 Å². The molecule has 11 heteroatoms. The van der Waals surface area contributed by atoms with Crippen molar-refractivity contribution in [1.82, 2.24) is 24.5 Å². The van der Waals surface area contributed by atoms with E-state index in [4.69, 9.17) is 0 Å². The number of amides is 1. The van der Waals surface area contributed by atoms with Gasteiger partial charge in [0.1, 0.15) is 12.1 Å². The van der Waals surface area contributed by atoms with Crippen LogP contribution in [-0.2, 0) is 14.8 Å². The van der Waals surface area contributed by atoms with Gasteiger partial charge in [-0.15, -0.1) is 0 Å². The van der Waals surface area contributed by atoms with Crippen LogP contribution in [-0.4, -0.2) is 47.2 Å². The molecule has 0 aliphatic rings. The first-order valence-electron chi connectivity index (χ1n) is 9.63. The van der Waals surface area contributed by atoms with Crippen LogP contribution >= 0.6 is 0 Å². The summed E-state index contributed by atoms with van der Waals surface area (Å²) in [4.78, 5) is 19.7. The van der Waals surface area contributed by atoms with Gasteiger partial charge in [-0.05, 0) is 50.6 Å². The van der Waals surface area contributed by atoms with Crippen LogP contribution < -0.4 is 15.4 Å². The van der Waals surface area contributed by atoms with Crippen molar-refractivity contribution in [2.45, 2.75) is 32.6 Å². The van der Waals surface area contributed by atoms with E-state index in [9.17, 15) is 13.2 Å². The van der Waals surface area contributed by atoms with Gasteiger partial charge in [-0.1, -0.05) is 0 Å². The van der Waals surface area contributed by atoms with Gasteiger partial charge in [0.25, 0.3) is 0 Å². The summed E-state index contributed by atoms with van der Waals surface area (Å²) < 4.78 is 29.5. The fraction of sp³-hybridized carbons (Fsp3) is 0.300. The highest BCUT2D eigenvalue weighted by molar-refractivity contribution is 7.89. The summed E-state index contributed by atoms with van der Waals surface area (Å²) in [6.45, 7) is 7.41. The summed E-state index contributed by atoms with van der Waals surface area (Å²) >= 11 is 0. The molecule has 0 saturated heterocycles. The van der Waals surface area contributed by atoms with Crippen LogP contribution in [0.25, 0.3) is 5.82 Å². The first kappa shape index (κ1) is 22.4. The van der Waals surface area contributed by atoms with Gasteiger partial charge < -0.3 is 10.6 Å². The maximum absolute atomic E-state index is 12.6. The number of aromatic nitrogens is 4. The van der Waals surface area contributed by atoms with Crippen LogP contribution in [0.5, 0.6) is 0 Å². The lowest BCUT2D eigenvalue weighted by atomic mass is 10.2. The highest BCUT2D eigenvalue weighted by Crippen LogP contribution is 2.19. The number of aryl methyl sites for hydroxylation is 3. The van der Waals surface area contributed by atoms with Crippen molar-refractivity contribution in [2.75, 3.05) is 23.7 Å². The molecule has 10 nitrogen and oxygen atoms in total. The van der Waals surface area contributed by atoms with E-state index in [1.807, 2.05) is 19.9 Å². The number of sulfonamides is 1. The second-order valence-electron chi connectivity index (χ2n) is 7.09. The Balaban J connectivity index is 1.60. The average molecular weight is 444 g/mol. The molecule has 31 heavy (non-hydrogen) atoms. The molecule has 0 saturated carbocycles. The lowest BCUT2D eigenvalue weighted by Crippen LogP contribution is -2.29. The van der Waals surface area contributed by atoms with Gasteiger partial charge >= 0.3 is 0 Å². The van der Waals surface area contributed by atoms with Crippen LogP contribution in [0.2, 0.25) is 0 Å². The molecule has 0 spiro atoms. The SMILES string of the molecule is CC(=O)Nc1ccc(S(=O)(=O)NCCNc2cc(-n3nc(C)cc3C)ncn2)c(C)c1. The molecule has 3 aromatic rings. The molecule has 164 valence electrons. The zero-order valence-corrected chi connectivity index (χ0v) is 18.6. The van der Waals surface area contributed by atoms with Crippen LogP contribution in [0.1, 0.15) is 23.9 Å². The van der Waals surface area contributed by atoms with Crippen LogP contribution in [0.3, 0.4) is 0 Å². The minimum absolute atomic E-state index is 0.161. The van der Waals surface area contributed by atoms with Gasteiger partial charge in [-0.25, -0.2) is 27.8 Å². The van der Waals surface area contributed by atoms with E-state index >= 15 is 0 Å². The van der Waals surface area contributed by atoms with Crippen molar-refractivity contribution in [2.24, 2.45) is 0 Å². The van der Waals surface area contributed by atoms with E-state index in [-0.39, 0.29) is 17.3 Å². The van der Waals surface area contributed by atoms with E-state index in [2.05, 4.69) is 30.4 Å². The number of benzene rings is 1. The summed E-state index contributed by atoms with van der Waals surface area (Å²) in [5, 5.41) is 10.1. The van der Waals surface area contributed by atoms with Gasteiger partial charge in [-0.3, -0.25) is 4.79 Å². The molecule has 1 amide bonds. The number of rotatable bonds is 8. The van der Waals surface area contributed by atoms with E-state index in [1.54, 1.807) is 29.8 Å². The van der Waals surface area contributed by atoms with E-state index in [1.165, 1.54) is 19.3 Å². The van der Waals surface area contributed by atoms with E-state index in [0.29, 0.717) is 29.4 Å². The largest absolute Gasteiger partial charge is 0.369 e. The van der Waals surface area contributed by atoms with E-state index in [0.717, 1.165) is 11.4 Å². The maximum Gasteiger partial charge on any atom is 0.240 e. The van der Waals surface area contributed by atoms with Gasteiger partial charge in [-0.2, -0.15) is 5.10 Å². The lowest BCUT2D eigenvalue weighted by Gasteiger charge is -2.12. The molecule has 3 N–H and O–H groups in total. The van der Waals surface area contributed by atoms with Crippen molar-refractivity contribution in [3.05, 3.63) is 53.6 Å². The number of carbonyl (C=O) groups is 1. The summed E-state index contributed by atoms with van der Waals surface area (Å²) in [5.74, 6) is 0.969. The third-order valence-electron chi connectivity index (χ3n) is 4.39. The number of hydrogen-bond donors (Lipinski definition) is 3. The summed E-state index contributed by atoms with van der Waals surface area (Å²) in [5.41, 5.74) is 2.93. The Kier molecular flexibility index (Phi) is 6.66. The first-order valence-corrected chi connectivity index (χ1v) is 11.1. The fourth-order valence-corrected chi connectivity index (χ4v) is 4.36. The molecule has 3 rings (SSSR count). The smallest absolute Gasteiger partial charge is 0.240 e. The first-order chi connectivity index (χ1) is 14.7. The summed E-state index contributed by atoms with van der Waals surface area (Å²) in [7, 11) is -3.69. The zero-order chi connectivity index (χ0) is 22.6. The molecular formula is C20H25N7O3S. The van der Waals surface area contributed by atoms with Crippen LogP contribution in [0.4, 0.5) is 11.5 Å². The molecule has 1 aromatic carbocycles. The van der Waals surface area contributed by atoms with Crippen molar-refractivity contribution < 1.29 is 13.2 Å². The topological polar surface area (TPSA) is 131 Å². The quantitative estimate of drug-likeness (QED) is 0.453. The highest BCUT2D eigenvalue weighted by atomic mass is 32.2. The minimum Gasteiger partial charge on any atom is -0.369 e. The average Bonchev–Trinajstić information content (AvgIpc) is 3.03. The molecule has 0 aliphatic carbocycles. The second kappa shape index (κ2) is 9.23. The number of nitrogens with one attached hydrogen (secondary N) is 3. The lowest BCUT2D eigenvalue weighted by molar-refractivity contribution is -0.114. The Morgan fingerprint density at radius 2 is 1.84 bits per heavy atom. The Morgan fingerprint density at radius 1 is 1.06 bits per heavy atom. The zero-order valence-electron chi connectivity index (χ0n) is 17.8. The Morgan fingerprint density at radius 3 is 2.48 bits per heavy atom. The van der Waals surface area contributed by atoms with Gasteiger partial charge in [0.05, 0.1) is 10.6 Å². The minimum atomic E-state index is -3.69. The molecule has 0 unspecified atom stereocenters. The summed E-state index contributed by atoms with van der Waals surface area (Å²) in [6.07, 6.45) is 1.43. The third-order valence-corrected chi connectivity index (χ3v) is 6.01. The number of carbonyl (C=O) groups excluding carboxylic acids is 1. The normalized spacial score (nSPS) is 11.4. The van der Waals surface area contributed by atoms with Crippen LogP contribution in [0.15, 0.2) is 41.6 Å². The predicted molar refractivity (Wildman–Crippen MR) is 118 cm³/mol. The molecular weight excluding hydrogens is 418 g/mol. The van der Waals surface area contributed by atoms with Gasteiger partial charge in [0.15, 0.2) is 5.82 Å². The van der Waals surface area contributed by atoms with E-state index < -0.39 is 10.0 Å². The highest BCUT2D eigenvalue weighted by Gasteiger charge is 2.16. The molecule has 2 heterocycles. The third kappa shape index (κ3) is 5.64. The number of nitrogens with zero attached hydrogens (tertiary/aromatic N) is 4. The van der Waals surface area contributed by atoms with Gasteiger partial charge in [0, 0.05) is 37.5 Å². The maximum atomic E-state index is 12.6. The monoisotopic (exact) mass is 443 g/mol. The van der Waals surface area contributed by atoms with Crippen molar-refractivity contribution >= 4 is 27.4 Å². The number of anilines is 2. The standard InChI is InChI=1S/C20H25N7O3S/c1-13-9-17(25-16(4)28)5-6-18(13)31(29,30)24-8-7-21-19-11-20(23-12-22-19)27-15(3)10-14(2)26-27/h5-6,9-12,24H,7-8H2,1-4H3,(H,25,28)(H,21,22,23). The van der Waals surface area contributed by atoms with Crippen molar-refractivity contribution in [3.63, 3.8) is 0 Å². The molecule has 0 bridgehead atoms. The molecule has 0 aliphatic heterocycles. The Hall–Kier alpha value is -3.31. The molecule has 0 radical (unpaired) electrons. The predicted octanol–water partition coefficient (Wildman–Crippen LogP) is 1.94. The molecule has 2 aromatic heterocycles. The number of hydrogen-bond acceptors (Lipinski definition) is 7. The van der Waals surface area contributed by atoms with Crippen molar-refractivity contribution in [1.29, 1.82) is 0 Å². The summed E-state index contributed by atoms with van der Waals surface area (Å²) in [6, 6.07) is 8.35. The van der Waals surface area contributed by atoms with Crippen molar-refractivity contribution in [3.8, 4) is 5.82 Å². The molecule has 0 fully saturated rings. The Bertz CT molecular complexity index is 1210. The van der Waals surface area contributed by atoms with Crippen LogP contribution in [0, 0.1) is 20.8 Å². The fourth-order valence-electron chi connectivity index (χ4n) is 3.11.